The molecule has 0 aromatic heterocycles. The Labute approximate surface area is 104 Å². The number of sulfone groups is 1. The summed E-state index contributed by atoms with van der Waals surface area (Å²) in [5.74, 6) is 2.11. The molecular formula is C12H22N2O2S. The van der Waals surface area contributed by atoms with Gasteiger partial charge in [0, 0.05) is 32.2 Å². The highest BCUT2D eigenvalue weighted by Crippen LogP contribution is 2.34. The van der Waals surface area contributed by atoms with Crippen molar-refractivity contribution in [3.05, 3.63) is 0 Å². The zero-order chi connectivity index (χ0) is 11.9. The van der Waals surface area contributed by atoms with Crippen molar-refractivity contribution in [1.29, 1.82) is 0 Å². The highest BCUT2D eigenvalue weighted by atomic mass is 32.2. The van der Waals surface area contributed by atoms with Crippen molar-refractivity contribution in [3.63, 3.8) is 0 Å². The molecule has 0 bridgehead atoms. The molecule has 3 fully saturated rings. The number of hydrogen-bond acceptors (Lipinski definition) is 4. The van der Waals surface area contributed by atoms with E-state index < -0.39 is 9.84 Å². The largest absolute Gasteiger partial charge is 0.311 e. The zero-order valence-corrected chi connectivity index (χ0v) is 11.1. The molecule has 4 nitrogen and oxygen atoms in total. The van der Waals surface area contributed by atoms with E-state index in [1.54, 1.807) is 0 Å². The monoisotopic (exact) mass is 258 g/mol. The molecule has 1 saturated carbocycles. The normalized spacial score (nSPS) is 38.4. The van der Waals surface area contributed by atoms with Crippen LogP contribution in [0.4, 0.5) is 0 Å². The quantitative estimate of drug-likeness (QED) is 0.780. The molecule has 17 heavy (non-hydrogen) atoms. The van der Waals surface area contributed by atoms with Gasteiger partial charge in [-0.05, 0) is 31.1 Å². The van der Waals surface area contributed by atoms with Crippen LogP contribution in [0, 0.1) is 11.8 Å². The van der Waals surface area contributed by atoms with Crippen LogP contribution in [0.2, 0.25) is 0 Å². The first-order valence-corrected chi connectivity index (χ1v) is 8.61. The number of hydrogen-bond donors (Lipinski definition) is 1. The topological polar surface area (TPSA) is 49.4 Å². The van der Waals surface area contributed by atoms with Gasteiger partial charge in [0.1, 0.15) is 0 Å². The predicted octanol–water partition coefficient (Wildman–Crippen LogP) is 0.105. The molecule has 0 aromatic carbocycles. The summed E-state index contributed by atoms with van der Waals surface area (Å²) in [7, 11) is -2.71. The van der Waals surface area contributed by atoms with Gasteiger partial charge in [0.25, 0.3) is 0 Å². The molecule has 0 amide bonds. The van der Waals surface area contributed by atoms with Crippen molar-refractivity contribution in [2.24, 2.45) is 11.8 Å². The van der Waals surface area contributed by atoms with Crippen LogP contribution in [0.3, 0.4) is 0 Å². The van der Waals surface area contributed by atoms with Crippen LogP contribution in [0.1, 0.15) is 19.3 Å². The van der Waals surface area contributed by atoms with Crippen LogP contribution in [-0.4, -0.2) is 57.0 Å². The molecule has 2 unspecified atom stereocenters. The highest BCUT2D eigenvalue weighted by molar-refractivity contribution is 7.91. The fourth-order valence-electron chi connectivity index (χ4n) is 3.20. The summed E-state index contributed by atoms with van der Waals surface area (Å²) in [4.78, 5) is 2.48. The Morgan fingerprint density at radius 2 is 2.06 bits per heavy atom. The highest BCUT2D eigenvalue weighted by Gasteiger charge is 2.35. The fourth-order valence-corrected chi connectivity index (χ4v) is 5.05. The molecule has 5 heteroatoms. The van der Waals surface area contributed by atoms with E-state index in [-0.39, 0.29) is 0 Å². The molecule has 2 atom stereocenters. The van der Waals surface area contributed by atoms with Gasteiger partial charge in [0.15, 0.2) is 9.84 Å². The van der Waals surface area contributed by atoms with E-state index in [0.717, 1.165) is 38.5 Å². The summed E-state index contributed by atoms with van der Waals surface area (Å²) in [6, 6.07) is 0.668. The van der Waals surface area contributed by atoms with Gasteiger partial charge >= 0.3 is 0 Å². The molecule has 0 aromatic rings. The van der Waals surface area contributed by atoms with Gasteiger partial charge in [0.05, 0.1) is 11.5 Å². The summed E-state index contributed by atoms with van der Waals surface area (Å²) in [6.07, 6.45) is 3.63. The summed E-state index contributed by atoms with van der Waals surface area (Å²) < 4.78 is 22.9. The van der Waals surface area contributed by atoms with E-state index in [0.29, 0.717) is 23.5 Å². The van der Waals surface area contributed by atoms with E-state index in [9.17, 15) is 8.42 Å². The minimum Gasteiger partial charge on any atom is -0.311 e. The average molecular weight is 258 g/mol. The molecule has 3 rings (SSSR count). The minimum absolute atomic E-state index is 0.387. The Morgan fingerprint density at radius 3 is 2.71 bits per heavy atom. The minimum atomic E-state index is -2.71. The smallest absolute Gasteiger partial charge is 0.150 e. The van der Waals surface area contributed by atoms with Crippen molar-refractivity contribution >= 4 is 9.84 Å². The lowest BCUT2D eigenvalue weighted by Gasteiger charge is -2.35. The lowest BCUT2D eigenvalue weighted by Crippen LogP contribution is -2.52. The van der Waals surface area contributed by atoms with E-state index in [1.807, 2.05) is 0 Å². The molecule has 2 aliphatic heterocycles. The number of nitrogens with zero attached hydrogens (tertiary/aromatic N) is 1. The Morgan fingerprint density at radius 1 is 1.24 bits per heavy atom. The first-order chi connectivity index (χ1) is 8.12. The second-order valence-electron chi connectivity index (χ2n) is 5.93. The second-order valence-corrected chi connectivity index (χ2v) is 8.16. The van der Waals surface area contributed by atoms with Gasteiger partial charge < -0.3 is 10.2 Å². The van der Waals surface area contributed by atoms with Gasteiger partial charge in [-0.1, -0.05) is 0 Å². The summed E-state index contributed by atoms with van der Waals surface area (Å²) in [5.41, 5.74) is 0. The third kappa shape index (κ3) is 3.01. The molecule has 1 N–H and O–H groups in total. The van der Waals surface area contributed by atoms with E-state index in [2.05, 4.69) is 10.2 Å². The van der Waals surface area contributed by atoms with Crippen molar-refractivity contribution in [1.82, 2.24) is 10.2 Å². The first kappa shape index (κ1) is 11.9. The molecule has 2 heterocycles. The van der Waals surface area contributed by atoms with Crippen LogP contribution in [0.15, 0.2) is 0 Å². The van der Waals surface area contributed by atoms with E-state index >= 15 is 0 Å². The average Bonchev–Trinajstić information content (AvgIpc) is 3.06. The SMILES string of the molecule is O=S1(=O)CCC(CN2CCNC(C3CC3)C2)C1. The van der Waals surface area contributed by atoms with Crippen molar-refractivity contribution in [2.75, 3.05) is 37.7 Å². The maximum absolute atomic E-state index is 11.4. The molecule has 0 spiro atoms. The van der Waals surface area contributed by atoms with Crippen molar-refractivity contribution in [2.45, 2.75) is 25.3 Å². The standard InChI is InChI=1S/C12H22N2O2S/c15-17(16)6-3-10(9-17)7-14-5-4-13-12(8-14)11-1-2-11/h10-13H,1-9H2. The van der Waals surface area contributed by atoms with Crippen LogP contribution in [0.5, 0.6) is 0 Å². The molecule has 0 radical (unpaired) electrons. The van der Waals surface area contributed by atoms with Gasteiger partial charge in [0.2, 0.25) is 0 Å². The Hall–Kier alpha value is -0.130. The molecule has 98 valence electrons. The van der Waals surface area contributed by atoms with Crippen LogP contribution in [-0.2, 0) is 9.84 Å². The second kappa shape index (κ2) is 4.52. The lowest BCUT2D eigenvalue weighted by atomic mass is 10.1. The van der Waals surface area contributed by atoms with E-state index in [4.69, 9.17) is 0 Å². The third-order valence-electron chi connectivity index (χ3n) is 4.32. The van der Waals surface area contributed by atoms with Gasteiger partial charge in [-0.15, -0.1) is 0 Å². The Balaban J connectivity index is 1.51. The van der Waals surface area contributed by atoms with Crippen LogP contribution in [0.25, 0.3) is 0 Å². The summed E-state index contributed by atoms with van der Waals surface area (Å²) >= 11 is 0. The molecule has 1 aliphatic carbocycles. The molecule has 3 aliphatic rings. The Kier molecular flexibility index (Phi) is 3.17. The predicted molar refractivity (Wildman–Crippen MR) is 67.7 cm³/mol. The van der Waals surface area contributed by atoms with Gasteiger partial charge in [-0.3, -0.25) is 0 Å². The first-order valence-electron chi connectivity index (χ1n) is 6.78. The Bertz CT molecular complexity index is 378. The van der Waals surface area contributed by atoms with Crippen molar-refractivity contribution in [3.8, 4) is 0 Å². The van der Waals surface area contributed by atoms with Crippen LogP contribution >= 0.6 is 0 Å². The van der Waals surface area contributed by atoms with Gasteiger partial charge in [-0.2, -0.15) is 0 Å². The fraction of sp³-hybridized carbons (Fsp3) is 1.00. The maximum atomic E-state index is 11.4. The number of nitrogens with one attached hydrogen (secondary N) is 1. The zero-order valence-electron chi connectivity index (χ0n) is 10.3. The molecule has 2 saturated heterocycles. The van der Waals surface area contributed by atoms with Crippen molar-refractivity contribution < 1.29 is 8.42 Å². The number of piperazine rings is 1. The number of rotatable bonds is 3. The lowest BCUT2D eigenvalue weighted by molar-refractivity contribution is 0.169. The van der Waals surface area contributed by atoms with Gasteiger partial charge in [-0.25, -0.2) is 8.42 Å². The summed E-state index contributed by atoms with van der Waals surface area (Å²) in [5, 5.41) is 3.59. The third-order valence-corrected chi connectivity index (χ3v) is 6.16. The molecular weight excluding hydrogens is 236 g/mol. The van der Waals surface area contributed by atoms with E-state index in [1.165, 1.54) is 12.8 Å². The summed E-state index contributed by atoms with van der Waals surface area (Å²) in [6.45, 7) is 4.27. The van der Waals surface area contributed by atoms with Crippen LogP contribution < -0.4 is 5.32 Å². The maximum Gasteiger partial charge on any atom is 0.150 e.